The maximum atomic E-state index is 13.6. The van der Waals surface area contributed by atoms with Gasteiger partial charge in [0.25, 0.3) is 0 Å². The maximum Gasteiger partial charge on any atom is 0.246 e. The smallest absolute Gasteiger partial charge is 0.246 e. The molecule has 2 aliphatic rings. The van der Waals surface area contributed by atoms with Crippen LogP contribution in [0.25, 0.3) is 0 Å². The van der Waals surface area contributed by atoms with Gasteiger partial charge in [-0.1, -0.05) is 25.0 Å². The molecule has 0 unspecified atom stereocenters. The fourth-order valence-electron chi connectivity index (χ4n) is 5.44. The van der Waals surface area contributed by atoms with Crippen molar-refractivity contribution in [2.24, 2.45) is 11.7 Å². The van der Waals surface area contributed by atoms with E-state index in [1.807, 2.05) is 12.1 Å². The minimum atomic E-state index is -0.693. The molecule has 10 nitrogen and oxygen atoms in total. The van der Waals surface area contributed by atoms with Crippen LogP contribution in [0.1, 0.15) is 63.0 Å². The van der Waals surface area contributed by atoms with E-state index in [1.165, 1.54) is 0 Å². The van der Waals surface area contributed by atoms with Crippen LogP contribution in [0.5, 0.6) is 5.75 Å². The van der Waals surface area contributed by atoms with Crippen molar-refractivity contribution >= 4 is 17.7 Å². The van der Waals surface area contributed by atoms with Crippen molar-refractivity contribution in [3.05, 3.63) is 29.8 Å². The molecule has 2 saturated heterocycles. The Bertz CT molecular complexity index is 927. The number of amides is 3. The van der Waals surface area contributed by atoms with Gasteiger partial charge in [-0.25, -0.2) is 0 Å². The topological polar surface area (TPSA) is 137 Å². The number of unbranched alkanes of at least 4 members (excludes halogenated alkanes) is 4. The Hall–Kier alpha value is -2.69. The number of nitrogens with two attached hydrogens (primary N) is 1. The molecule has 2 fully saturated rings. The van der Waals surface area contributed by atoms with Crippen LogP contribution in [0.3, 0.4) is 0 Å². The van der Waals surface area contributed by atoms with Gasteiger partial charge in [0.15, 0.2) is 0 Å². The molecular weight excluding hydrogens is 486 g/mol. The SMILES string of the molecule is CN(C)CCCCCCNC(=O)[C@@H]1C[C@@H]2C(=O)N[C@@H](CCCCN)C(=O)N2[C@@H]1c1cccc(OCCO)c1. The summed E-state index contributed by atoms with van der Waals surface area (Å²) in [5.74, 6) is -0.519. The van der Waals surface area contributed by atoms with E-state index in [9.17, 15) is 14.4 Å². The minimum Gasteiger partial charge on any atom is -0.491 e. The van der Waals surface area contributed by atoms with Crippen LogP contribution in [-0.2, 0) is 14.4 Å². The minimum absolute atomic E-state index is 0.120. The standard InChI is InChI=1S/C28H45N5O5/c1-32(2)15-8-4-3-7-14-30-26(35)22-19-24-27(36)31-23(12-5-6-13-29)28(37)33(24)25(22)20-10-9-11-21(18-20)38-17-16-34/h9-11,18,22-25,34H,3-8,12-17,19,29H2,1-2H3,(H,30,35)(H,31,36)/t22-,23+,24-,25-/m1/s1. The Morgan fingerprint density at radius 1 is 1.18 bits per heavy atom. The number of piperazine rings is 1. The molecule has 2 aliphatic heterocycles. The van der Waals surface area contributed by atoms with Gasteiger partial charge < -0.3 is 36.0 Å². The summed E-state index contributed by atoms with van der Waals surface area (Å²) in [5.41, 5.74) is 6.37. The number of aliphatic hydroxyl groups is 1. The van der Waals surface area contributed by atoms with Gasteiger partial charge in [-0.15, -0.1) is 0 Å². The van der Waals surface area contributed by atoms with E-state index < -0.39 is 24.0 Å². The molecule has 10 heteroatoms. The molecule has 0 spiro atoms. The highest BCUT2D eigenvalue weighted by molar-refractivity contribution is 5.99. The lowest BCUT2D eigenvalue weighted by molar-refractivity contribution is -0.149. The summed E-state index contributed by atoms with van der Waals surface area (Å²) in [4.78, 5) is 44.0. The molecular formula is C28H45N5O5. The molecule has 0 saturated carbocycles. The van der Waals surface area contributed by atoms with Crippen LogP contribution in [-0.4, -0.2) is 91.7 Å². The van der Waals surface area contributed by atoms with Crippen molar-refractivity contribution in [1.82, 2.24) is 20.4 Å². The largest absolute Gasteiger partial charge is 0.491 e. The van der Waals surface area contributed by atoms with Crippen LogP contribution in [0, 0.1) is 5.92 Å². The van der Waals surface area contributed by atoms with Gasteiger partial charge >= 0.3 is 0 Å². The first kappa shape index (κ1) is 29.9. The number of rotatable bonds is 16. The van der Waals surface area contributed by atoms with Gasteiger partial charge in [0, 0.05) is 6.54 Å². The Morgan fingerprint density at radius 3 is 2.71 bits per heavy atom. The summed E-state index contributed by atoms with van der Waals surface area (Å²) in [6, 6.07) is 5.37. The fourth-order valence-corrected chi connectivity index (χ4v) is 5.44. The molecule has 38 heavy (non-hydrogen) atoms. The first-order valence-electron chi connectivity index (χ1n) is 14.0. The second-order valence-electron chi connectivity index (χ2n) is 10.5. The summed E-state index contributed by atoms with van der Waals surface area (Å²) >= 11 is 0. The molecule has 212 valence electrons. The van der Waals surface area contributed by atoms with Crippen LogP contribution in [0.15, 0.2) is 24.3 Å². The zero-order valence-corrected chi connectivity index (χ0v) is 22.9. The van der Waals surface area contributed by atoms with E-state index >= 15 is 0 Å². The number of nitrogens with one attached hydrogen (secondary N) is 2. The van der Waals surface area contributed by atoms with Gasteiger partial charge in [0.1, 0.15) is 24.4 Å². The Morgan fingerprint density at radius 2 is 1.97 bits per heavy atom. The monoisotopic (exact) mass is 531 g/mol. The summed E-state index contributed by atoms with van der Waals surface area (Å²) < 4.78 is 5.60. The summed E-state index contributed by atoms with van der Waals surface area (Å²) in [7, 11) is 4.13. The van der Waals surface area contributed by atoms with E-state index in [1.54, 1.807) is 17.0 Å². The molecule has 2 heterocycles. The van der Waals surface area contributed by atoms with Crippen molar-refractivity contribution in [3.63, 3.8) is 0 Å². The number of ether oxygens (including phenoxy) is 1. The zero-order valence-electron chi connectivity index (χ0n) is 22.9. The Kier molecular flexibility index (Phi) is 11.8. The zero-order chi connectivity index (χ0) is 27.5. The number of carbonyl (C=O) groups excluding carboxylic acids is 3. The predicted octanol–water partition coefficient (Wildman–Crippen LogP) is 1.18. The van der Waals surface area contributed by atoms with Crippen molar-refractivity contribution in [2.75, 3.05) is 46.9 Å². The Labute approximate surface area is 226 Å². The second-order valence-corrected chi connectivity index (χ2v) is 10.5. The lowest BCUT2D eigenvalue weighted by Crippen LogP contribution is -2.61. The van der Waals surface area contributed by atoms with Crippen molar-refractivity contribution < 1.29 is 24.2 Å². The molecule has 1 aromatic carbocycles. The first-order chi connectivity index (χ1) is 18.4. The van der Waals surface area contributed by atoms with Crippen molar-refractivity contribution in [1.29, 1.82) is 0 Å². The van der Waals surface area contributed by atoms with Crippen molar-refractivity contribution in [2.45, 2.75) is 69.5 Å². The highest BCUT2D eigenvalue weighted by atomic mass is 16.5. The lowest BCUT2D eigenvalue weighted by Gasteiger charge is -2.38. The maximum absolute atomic E-state index is 13.6. The number of hydrogen-bond acceptors (Lipinski definition) is 7. The molecule has 3 rings (SSSR count). The van der Waals surface area contributed by atoms with Gasteiger partial charge in [-0.3, -0.25) is 14.4 Å². The highest BCUT2D eigenvalue weighted by Crippen LogP contribution is 2.44. The molecule has 1 aromatic rings. The van der Waals surface area contributed by atoms with Crippen LogP contribution in [0.4, 0.5) is 0 Å². The fraction of sp³-hybridized carbons (Fsp3) is 0.679. The van der Waals surface area contributed by atoms with E-state index in [-0.39, 0.29) is 37.4 Å². The van der Waals surface area contributed by atoms with E-state index in [0.29, 0.717) is 25.3 Å². The summed E-state index contributed by atoms with van der Waals surface area (Å²) in [6.45, 7) is 2.17. The van der Waals surface area contributed by atoms with Gasteiger partial charge in [-0.05, 0) is 83.4 Å². The van der Waals surface area contributed by atoms with E-state index in [2.05, 4.69) is 29.6 Å². The van der Waals surface area contributed by atoms with Crippen molar-refractivity contribution in [3.8, 4) is 5.75 Å². The average Bonchev–Trinajstić information content (AvgIpc) is 3.31. The number of fused-ring (bicyclic) bond motifs is 1. The number of aliphatic hydroxyl groups excluding tert-OH is 1. The molecule has 0 radical (unpaired) electrons. The van der Waals surface area contributed by atoms with Crippen LogP contribution < -0.4 is 21.1 Å². The summed E-state index contributed by atoms with van der Waals surface area (Å²) in [6.07, 6.45) is 6.45. The van der Waals surface area contributed by atoms with E-state index in [0.717, 1.165) is 50.6 Å². The van der Waals surface area contributed by atoms with E-state index in [4.69, 9.17) is 15.6 Å². The Balaban J connectivity index is 1.76. The number of carbonyl (C=O) groups is 3. The number of benzene rings is 1. The van der Waals surface area contributed by atoms with Crippen LogP contribution >= 0.6 is 0 Å². The highest BCUT2D eigenvalue weighted by Gasteiger charge is 2.54. The first-order valence-corrected chi connectivity index (χ1v) is 14.0. The third kappa shape index (κ3) is 7.91. The quantitative estimate of drug-likeness (QED) is 0.235. The number of nitrogens with zero attached hydrogens (tertiary/aromatic N) is 2. The van der Waals surface area contributed by atoms with Gasteiger partial charge in [-0.2, -0.15) is 0 Å². The third-order valence-corrected chi connectivity index (χ3v) is 7.34. The third-order valence-electron chi connectivity index (χ3n) is 7.34. The molecule has 0 bridgehead atoms. The molecule has 4 atom stereocenters. The van der Waals surface area contributed by atoms with Gasteiger partial charge in [0.05, 0.1) is 18.6 Å². The van der Waals surface area contributed by atoms with Crippen LogP contribution in [0.2, 0.25) is 0 Å². The number of hydrogen-bond donors (Lipinski definition) is 4. The van der Waals surface area contributed by atoms with Gasteiger partial charge in [0.2, 0.25) is 17.7 Å². The molecule has 3 amide bonds. The molecule has 0 aromatic heterocycles. The summed E-state index contributed by atoms with van der Waals surface area (Å²) in [5, 5.41) is 15.1. The molecule has 0 aliphatic carbocycles. The lowest BCUT2D eigenvalue weighted by atomic mass is 9.92. The average molecular weight is 532 g/mol. The second kappa shape index (κ2) is 15.0. The normalized spacial score (nSPS) is 22.9. The predicted molar refractivity (Wildman–Crippen MR) is 145 cm³/mol. The molecule has 5 N–H and O–H groups in total.